The van der Waals surface area contributed by atoms with E-state index in [1.807, 2.05) is 6.07 Å². The van der Waals surface area contributed by atoms with Crippen molar-refractivity contribution in [2.75, 3.05) is 13.6 Å². The second kappa shape index (κ2) is 5.65. The van der Waals surface area contributed by atoms with Gasteiger partial charge in [0.15, 0.2) is 0 Å². The van der Waals surface area contributed by atoms with Crippen molar-refractivity contribution in [1.29, 1.82) is 5.26 Å². The zero-order valence-corrected chi connectivity index (χ0v) is 11.2. The minimum atomic E-state index is -3.82. The van der Waals surface area contributed by atoms with Crippen molar-refractivity contribution in [3.05, 3.63) is 0 Å². The molecule has 0 saturated carbocycles. The van der Waals surface area contributed by atoms with Crippen LogP contribution >= 0.6 is 0 Å². The number of carbonyl (C=O) groups is 1. The monoisotopic (exact) mass is 275 g/mol. The van der Waals surface area contributed by atoms with Crippen LogP contribution in [0.5, 0.6) is 0 Å². The van der Waals surface area contributed by atoms with Crippen LogP contribution in [0.3, 0.4) is 0 Å². The van der Waals surface area contributed by atoms with E-state index in [0.29, 0.717) is 12.8 Å². The molecule has 0 bridgehead atoms. The molecule has 0 aromatic carbocycles. The zero-order valence-electron chi connectivity index (χ0n) is 10.4. The van der Waals surface area contributed by atoms with Gasteiger partial charge in [-0.2, -0.15) is 22.3 Å². The highest BCUT2D eigenvalue weighted by molar-refractivity contribution is 7.86. The lowest BCUT2D eigenvalue weighted by atomic mass is 10.2. The van der Waals surface area contributed by atoms with Crippen LogP contribution in [0.15, 0.2) is 0 Å². The number of nitrogens with zero attached hydrogens (tertiary/aromatic N) is 3. The number of rotatable bonds is 5. The molecule has 2 unspecified atom stereocenters. The lowest BCUT2D eigenvalue weighted by molar-refractivity contribution is -0.140. The molecule has 0 aromatic rings. The zero-order chi connectivity index (χ0) is 13.9. The topological polar surface area (TPSA) is 102 Å². The third-order valence-electron chi connectivity index (χ3n) is 3.16. The summed E-state index contributed by atoms with van der Waals surface area (Å²) in [6, 6.07) is 0.434. The predicted molar refractivity (Wildman–Crippen MR) is 63.7 cm³/mol. The molecule has 1 N–H and O–H groups in total. The number of hydrogen-bond donors (Lipinski definition) is 1. The van der Waals surface area contributed by atoms with Gasteiger partial charge in [0.1, 0.15) is 6.04 Å². The van der Waals surface area contributed by atoms with Crippen molar-refractivity contribution in [1.82, 2.24) is 8.61 Å². The molecule has 1 fully saturated rings. The fraction of sp³-hybridized carbons (Fsp3) is 0.800. The fourth-order valence-corrected chi connectivity index (χ4v) is 3.65. The van der Waals surface area contributed by atoms with Crippen molar-refractivity contribution in [3.63, 3.8) is 0 Å². The molecule has 102 valence electrons. The third-order valence-corrected chi connectivity index (χ3v) is 5.27. The summed E-state index contributed by atoms with van der Waals surface area (Å²) in [6.45, 7) is 1.83. The molecule has 1 rings (SSSR count). The van der Waals surface area contributed by atoms with Gasteiger partial charge in [-0.3, -0.25) is 4.79 Å². The van der Waals surface area contributed by atoms with Crippen LogP contribution in [0.1, 0.15) is 26.2 Å². The van der Waals surface area contributed by atoms with Gasteiger partial charge in [-0.15, -0.1) is 0 Å². The second-order valence-electron chi connectivity index (χ2n) is 4.34. The molecule has 0 aromatic heterocycles. The Morgan fingerprint density at radius 3 is 2.78 bits per heavy atom. The summed E-state index contributed by atoms with van der Waals surface area (Å²) in [5.41, 5.74) is 0. The average Bonchev–Trinajstić information content (AvgIpc) is 2.77. The molecule has 0 aliphatic carbocycles. The number of carboxylic acid groups (broad SMARTS) is 1. The number of aliphatic carboxylic acids is 1. The summed E-state index contributed by atoms with van der Waals surface area (Å²) in [5.74, 6) is -1.13. The minimum absolute atomic E-state index is 0.0707. The van der Waals surface area contributed by atoms with E-state index >= 15 is 0 Å². The molecule has 8 heteroatoms. The first-order valence-corrected chi connectivity index (χ1v) is 7.06. The summed E-state index contributed by atoms with van der Waals surface area (Å²) in [5, 5.41) is 17.6. The molecule has 1 saturated heterocycles. The largest absolute Gasteiger partial charge is 0.480 e. The Hall–Kier alpha value is -1.17. The van der Waals surface area contributed by atoms with Gasteiger partial charge >= 0.3 is 5.97 Å². The van der Waals surface area contributed by atoms with Crippen LogP contribution in [0.25, 0.3) is 0 Å². The molecule has 7 nitrogen and oxygen atoms in total. The van der Waals surface area contributed by atoms with E-state index in [-0.39, 0.29) is 13.0 Å². The van der Waals surface area contributed by atoms with Crippen molar-refractivity contribution in [2.24, 2.45) is 0 Å². The maximum Gasteiger partial charge on any atom is 0.322 e. The van der Waals surface area contributed by atoms with Crippen LogP contribution in [0.4, 0.5) is 0 Å². The molecule has 0 radical (unpaired) electrons. The SMILES string of the molecule is CC(CC#N)N(C)S(=O)(=O)N1CCCC1C(=O)O. The standard InChI is InChI=1S/C10H17N3O4S/c1-8(5-6-11)12(2)18(16,17)13-7-3-4-9(13)10(14)15/h8-9H,3-5,7H2,1-2H3,(H,14,15). The summed E-state index contributed by atoms with van der Waals surface area (Å²) in [6.07, 6.45) is 0.938. The maximum absolute atomic E-state index is 12.2. The number of nitriles is 1. The van der Waals surface area contributed by atoms with Gasteiger partial charge in [0, 0.05) is 19.6 Å². The van der Waals surface area contributed by atoms with Gasteiger partial charge in [0.2, 0.25) is 0 Å². The van der Waals surface area contributed by atoms with Gasteiger partial charge in [0.25, 0.3) is 10.2 Å². The van der Waals surface area contributed by atoms with Gasteiger partial charge in [0.05, 0.1) is 12.5 Å². The van der Waals surface area contributed by atoms with E-state index in [4.69, 9.17) is 10.4 Å². The van der Waals surface area contributed by atoms with Crippen molar-refractivity contribution in [2.45, 2.75) is 38.3 Å². The van der Waals surface area contributed by atoms with Crippen molar-refractivity contribution in [3.8, 4) is 6.07 Å². The quantitative estimate of drug-likeness (QED) is 0.761. The Balaban J connectivity index is 2.93. The molecular weight excluding hydrogens is 258 g/mol. The molecule has 2 atom stereocenters. The Morgan fingerprint density at radius 1 is 1.67 bits per heavy atom. The minimum Gasteiger partial charge on any atom is -0.480 e. The van der Waals surface area contributed by atoms with E-state index in [2.05, 4.69) is 0 Å². The summed E-state index contributed by atoms with van der Waals surface area (Å²) >= 11 is 0. The van der Waals surface area contributed by atoms with E-state index in [1.54, 1.807) is 6.92 Å². The fourth-order valence-electron chi connectivity index (χ4n) is 1.92. The molecule has 0 amide bonds. The van der Waals surface area contributed by atoms with Crippen molar-refractivity contribution >= 4 is 16.2 Å². The summed E-state index contributed by atoms with van der Waals surface area (Å²) in [4.78, 5) is 11.0. The van der Waals surface area contributed by atoms with Gasteiger partial charge in [-0.05, 0) is 19.8 Å². The normalized spacial score (nSPS) is 22.9. The average molecular weight is 275 g/mol. The van der Waals surface area contributed by atoms with Gasteiger partial charge < -0.3 is 5.11 Å². The lowest BCUT2D eigenvalue weighted by Gasteiger charge is -2.29. The Labute approximate surface area is 107 Å². The highest BCUT2D eigenvalue weighted by Gasteiger charge is 2.41. The van der Waals surface area contributed by atoms with Crippen LogP contribution in [-0.2, 0) is 15.0 Å². The molecular formula is C10H17N3O4S. The Morgan fingerprint density at radius 2 is 2.28 bits per heavy atom. The van der Waals surface area contributed by atoms with Gasteiger partial charge in [-0.1, -0.05) is 0 Å². The smallest absolute Gasteiger partial charge is 0.322 e. The van der Waals surface area contributed by atoms with E-state index in [0.717, 1.165) is 8.61 Å². The maximum atomic E-state index is 12.2. The number of hydrogen-bond acceptors (Lipinski definition) is 4. The first kappa shape index (κ1) is 14.9. The first-order chi connectivity index (χ1) is 8.32. The van der Waals surface area contributed by atoms with Crippen molar-refractivity contribution < 1.29 is 18.3 Å². The molecule has 18 heavy (non-hydrogen) atoms. The second-order valence-corrected chi connectivity index (χ2v) is 6.28. The molecule has 0 spiro atoms. The van der Waals surface area contributed by atoms with Crippen LogP contribution in [0, 0.1) is 11.3 Å². The molecule has 1 aliphatic rings. The predicted octanol–water partition coefficient (Wildman–Crippen LogP) is 0.0142. The summed E-state index contributed by atoms with van der Waals surface area (Å²) in [7, 11) is -2.45. The van der Waals surface area contributed by atoms with E-state index < -0.39 is 28.3 Å². The highest BCUT2D eigenvalue weighted by atomic mass is 32.2. The first-order valence-electron chi connectivity index (χ1n) is 5.67. The van der Waals surface area contributed by atoms with E-state index in [1.165, 1.54) is 7.05 Å². The summed E-state index contributed by atoms with van der Waals surface area (Å²) < 4.78 is 26.6. The van der Waals surface area contributed by atoms with Crippen LogP contribution in [-0.4, -0.2) is 53.8 Å². The van der Waals surface area contributed by atoms with Gasteiger partial charge in [-0.25, -0.2) is 0 Å². The Bertz CT molecular complexity index is 456. The number of carboxylic acids is 1. The van der Waals surface area contributed by atoms with E-state index in [9.17, 15) is 13.2 Å². The molecule has 1 aliphatic heterocycles. The Kier molecular flexibility index (Phi) is 4.67. The van der Waals surface area contributed by atoms with Crippen LogP contribution < -0.4 is 0 Å². The third kappa shape index (κ3) is 2.80. The highest BCUT2D eigenvalue weighted by Crippen LogP contribution is 2.24. The van der Waals surface area contributed by atoms with Crippen LogP contribution in [0.2, 0.25) is 0 Å². The lowest BCUT2D eigenvalue weighted by Crippen LogP contribution is -2.49. The molecule has 1 heterocycles.